The molecule has 0 unspecified atom stereocenters. The van der Waals surface area contributed by atoms with Crippen LogP contribution in [-0.2, 0) is 9.59 Å². The molecule has 1 amide bonds. The molecule has 8 nitrogen and oxygen atoms in total. The van der Waals surface area contributed by atoms with Gasteiger partial charge in [-0.15, -0.1) is 5.10 Å². The van der Waals surface area contributed by atoms with Gasteiger partial charge in [-0.25, -0.2) is 4.79 Å². The van der Waals surface area contributed by atoms with Gasteiger partial charge in [0.25, 0.3) is 5.91 Å². The van der Waals surface area contributed by atoms with E-state index in [0.29, 0.717) is 18.0 Å². The summed E-state index contributed by atoms with van der Waals surface area (Å²) in [5.74, 6) is -2.51. The molecule has 0 atom stereocenters. The average molecular weight is 415 g/mol. The number of hydrogen-bond acceptors (Lipinski definition) is 7. The maximum atomic E-state index is 11.6. The van der Waals surface area contributed by atoms with Crippen molar-refractivity contribution in [1.29, 1.82) is 0 Å². The lowest BCUT2D eigenvalue weighted by Gasteiger charge is -2.03. The number of aryl methyl sites for hydroxylation is 1. The number of aromatic nitrogens is 2. The predicted molar refractivity (Wildman–Crippen MR) is 90.0 cm³/mol. The Bertz CT molecular complexity index is 600. The van der Waals surface area contributed by atoms with Crippen molar-refractivity contribution in [2.24, 2.45) is 0 Å². The summed E-state index contributed by atoms with van der Waals surface area (Å²) < 4.78 is 31.7. The average Bonchev–Trinajstić information content (AvgIpc) is 2.53. The first-order valence-electron chi connectivity index (χ1n) is 6.89. The quantitative estimate of drug-likeness (QED) is 0.431. The number of aliphatic carboxylic acids is 2. The van der Waals surface area contributed by atoms with Gasteiger partial charge >= 0.3 is 18.1 Å². The number of carboxylic acid groups (broad SMARTS) is 2. The Morgan fingerprint density at radius 3 is 2.15 bits per heavy atom. The highest BCUT2D eigenvalue weighted by atomic mass is 33.1. The van der Waals surface area contributed by atoms with Crippen LogP contribution < -0.4 is 5.32 Å². The van der Waals surface area contributed by atoms with Gasteiger partial charge in [0.2, 0.25) is 0 Å². The number of halogens is 3. The molecule has 0 saturated heterocycles. The van der Waals surface area contributed by atoms with Gasteiger partial charge in [0.15, 0.2) is 5.69 Å². The molecule has 13 heteroatoms. The lowest BCUT2D eigenvalue weighted by atomic mass is 10.3. The molecule has 0 aliphatic heterocycles. The normalized spacial score (nSPS) is 10.5. The third-order valence-corrected chi connectivity index (χ3v) is 4.63. The van der Waals surface area contributed by atoms with Gasteiger partial charge in [-0.1, -0.05) is 21.6 Å². The van der Waals surface area contributed by atoms with E-state index in [-0.39, 0.29) is 12.3 Å². The van der Waals surface area contributed by atoms with Gasteiger partial charge in [0.1, 0.15) is 0 Å². The van der Waals surface area contributed by atoms with Crippen LogP contribution in [0.15, 0.2) is 12.1 Å². The Balaban J connectivity index is 0.000000758. The highest BCUT2D eigenvalue weighted by molar-refractivity contribution is 8.76. The van der Waals surface area contributed by atoms with Crippen LogP contribution in [0.25, 0.3) is 0 Å². The van der Waals surface area contributed by atoms with E-state index in [1.54, 1.807) is 19.1 Å². The van der Waals surface area contributed by atoms with Crippen LogP contribution in [0.3, 0.4) is 0 Å². The van der Waals surface area contributed by atoms with Crippen molar-refractivity contribution in [1.82, 2.24) is 15.5 Å². The molecule has 0 radical (unpaired) electrons. The van der Waals surface area contributed by atoms with E-state index >= 15 is 0 Å². The summed E-state index contributed by atoms with van der Waals surface area (Å²) in [4.78, 5) is 30.8. The fourth-order valence-electron chi connectivity index (χ4n) is 1.06. The molecule has 0 fully saturated rings. The van der Waals surface area contributed by atoms with Crippen molar-refractivity contribution in [2.75, 3.05) is 18.1 Å². The summed E-state index contributed by atoms with van der Waals surface area (Å²) in [7, 11) is 3.03. The molecule has 1 rings (SSSR count). The van der Waals surface area contributed by atoms with Crippen LogP contribution in [0.2, 0.25) is 0 Å². The standard InChI is InChI=1S/C11H15N3O3S2.C2HF3O2/c1-8-2-3-9(14-13-8)11(17)12-5-7-19-18-6-4-10(15)16;3-2(4,5)1(6)7/h2-3H,4-7H2,1H3,(H,12,17)(H,15,16);(H,6,7). The third kappa shape index (κ3) is 12.4. The van der Waals surface area contributed by atoms with Gasteiger partial charge in [-0.3, -0.25) is 9.59 Å². The number of carbonyl (C=O) groups excluding carboxylic acids is 1. The zero-order valence-electron chi connectivity index (χ0n) is 13.4. The lowest BCUT2D eigenvalue weighted by molar-refractivity contribution is -0.192. The summed E-state index contributed by atoms with van der Waals surface area (Å²) in [6.07, 6.45) is -4.93. The molecule has 26 heavy (non-hydrogen) atoms. The van der Waals surface area contributed by atoms with E-state index in [4.69, 9.17) is 15.0 Å². The Morgan fingerprint density at radius 1 is 1.12 bits per heavy atom. The minimum atomic E-state index is -5.08. The van der Waals surface area contributed by atoms with Crippen molar-refractivity contribution in [3.63, 3.8) is 0 Å². The monoisotopic (exact) mass is 415 g/mol. The van der Waals surface area contributed by atoms with E-state index < -0.39 is 18.1 Å². The summed E-state index contributed by atoms with van der Waals surface area (Å²) in [5.41, 5.74) is 1.07. The first kappa shape index (κ1) is 24.0. The number of rotatable bonds is 8. The van der Waals surface area contributed by atoms with Crippen molar-refractivity contribution in [3.05, 3.63) is 23.5 Å². The van der Waals surface area contributed by atoms with Crippen molar-refractivity contribution < 1.29 is 37.8 Å². The zero-order chi connectivity index (χ0) is 20.2. The van der Waals surface area contributed by atoms with Crippen LogP contribution in [-0.4, -0.2) is 62.5 Å². The second-order valence-corrected chi connectivity index (χ2v) is 7.11. The highest BCUT2D eigenvalue weighted by Crippen LogP contribution is 2.20. The van der Waals surface area contributed by atoms with Crippen LogP contribution in [0.5, 0.6) is 0 Å². The minimum absolute atomic E-state index is 0.156. The largest absolute Gasteiger partial charge is 0.490 e. The lowest BCUT2D eigenvalue weighted by Crippen LogP contribution is -2.26. The second kappa shape index (κ2) is 12.4. The molecular formula is C13H16F3N3O5S2. The SMILES string of the molecule is Cc1ccc(C(=O)NCCSSCCC(=O)O)nn1.O=C(O)C(F)(F)F. The smallest absolute Gasteiger partial charge is 0.481 e. The van der Waals surface area contributed by atoms with Gasteiger partial charge in [-0.05, 0) is 19.1 Å². The Labute approximate surface area is 154 Å². The fourth-order valence-corrected chi connectivity index (χ4v) is 2.95. The summed E-state index contributed by atoms with van der Waals surface area (Å²) in [5, 5.41) is 25.9. The first-order valence-corrected chi connectivity index (χ1v) is 9.37. The molecule has 0 aliphatic carbocycles. The maximum Gasteiger partial charge on any atom is 0.490 e. The molecule has 0 aliphatic rings. The highest BCUT2D eigenvalue weighted by Gasteiger charge is 2.38. The van der Waals surface area contributed by atoms with E-state index in [9.17, 15) is 22.8 Å². The molecule has 0 bridgehead atoms. The molecule has 1 aromatic heterocycles. The van der Waals surface area contributed by atoms with Gasteiger partial charge in [-0.2, -0.15) is 18.3 Å². The predicted octanol–water partition coefficient (Wildman–Crippen LogP) is 2.00. The number of hydrogen-bond donors (Lipinski definition) is 3. The zero-order valence-corrected chi connectivity index (χ0v) is 15.1. The summed E-state index contributed by atoms with van der Waals surface area (Å²) in [6, 6.07) is 3.37. The number of amides is 1. The Morgan fingerprint density at radius 2 is 1.69 bits per heavy atom. The molecule has 0 saturated carbocycles. The molecular weight excluding hydrogens is 399 g/mol. The van der Waals surface area contributed by atoms with Gasteiger partial charge in [0, 0.05) is 18.1 Å². The molecule has 1 heterocycles. The second-order valence-electron chi connectivity index (χ2n) is 4.41. The van der Waals surface area contributed by atoms with E-state index in [1.807, 2.05) is 0 Å². The van der Waals surface area contributed by atoms with E-state index in [0.717, 1.165) is 11.4 Å². The van der Waals surface area contributed by atoms with Crippen LogP contribution in [0.4, 0.5) is 13.2 Å². The number of nitrogens with one attached hydrogen (secondary N) is 1. The summed E-state index contributed by atoms with van der Waals surface area (Å²) >= 11 is 0. The van der Waals surface area contributed by atoms with Gasteiger partial charge < -0.3 is 15.5 Å². The molecule has 3 N–H and O–H groups in total. The topological polar surface area (TPSA) is 129 Å². The van der Waals surface area contributed by atoms with Crippen LogP contribution in [0.1, 0.15) is 22.6 Å². The van der Waals surface area contributed by atoms with E-state index in [1.165, 1.54) is 21.6 Å². The van der Waals surface area contributed by atoms with Crippen molar-refractivity contribution >= 4 is 39.4 Å². The van der Waals surface area contributed by atoms with Crippen LogP contribution >= 0.6 is 21.6 Å². The summed E-state index contributed by atoms with van der Waals surface area (Å²) in [6.45, 7) is 2.32. The first-order chi connectivity index (χ1) is 12.0. The van der Waals surface area contributed by atoms with Crippen molar-refractivity contribution in [2.45, 2.75) is 19.5 Å². The van der Waals surface area contributed by atoms with Crippen LogP contribution in [0, 0.1) is 6.92 Å². The molecule has 0 aromatic carbocycles. The number of nitrogens with zero attached hydrogens (tertiary/aromatic N) is 2. The number of alkyl halides is 3. The molecule has 0 spiro atoms. The third-order valence-electron chi connectivity index (χ3n) is 2.23. The maximum absolute atomic E-state index is 11.6. The molecule has 146 valence electrons. The molecule has 1 aromatic rings. The number of carbonyl (C=O) groups is 3. The Kier molecular flexibility index (Phi) is 11.4. The number of carboxylic acids is 2. The van der Waals surface area contributed by atoms with E-state index in [2.05, 4.69) is 15.5 Å². The van der Waals surface area contributed by atoms with Crippen molar-refractivity contribution in [3.8, 4) is 0 Å². The minimum Gasteiger partial charge on any atom is -0.481 e. The Hall–Kier alpha value is -2.02. The fraction of sp³-hybridized carbons (Fsp3) is 0.462. The van der Waals surface area contributed by atoms with Gasteiger partial charge in [0.05, 0.1) is 12.1 Å².